The van der Waals surface area contributed by atoms with Crippen molar-refractivity contribution in [2.75, 3.05) is 0 Å². The zero-order chi connectivity index (χ0) is 15.4. The van der Waals surface area contributed by atoms with Crippen molar-refractivity contribution in [3.8, 4) is 0 Å². The summed E-state index contributed by atoms with van der Waals surface area (Å²) in [6.07, 6.45) is -0.239. The molecule has 21 heavy (non-hydrogen) atoms. The monoisotopic (exact) mass is 288 g/mol. The summed E-state index contributed by atoms with van der Waals surface area (Å²) in [7, 11) is 0. The zero-order valence-corrected chi connectivity index (χ0v) is 12.8. The van der Waals surface area contributed by atoms with E-state index in [0.717, 1.165) is 16.5 Å². The Kier molecular flexibility index (Phi) is 2.92. The molecule has 4 nitrogen and oxygen atoms in total. The smallest absolute Gasteiger partial charge is 0.336 e. The topological polar surface area (TPSA) is 63.0 Å². The van der Waals surface area contributed by atoms with Gasteiger partial charge in [-0.15, -0.1) is 0 Å². The second kappa shape index (κ2) is 4.34. The number of rotatable bonds is 3. The number of epoxide rings is 1. The third kappa shape index (κ3) is 1.97. The molecule has 0 amide bonds. The molecule has 1 aromatic carbocycles. The molecule has 2 atom stereocenters. The quantitative estimate of drug-likeness (QED) is 0.872. The highest BCUT2D eigenvalue weighted by atomic mass is 16.6. The van der Waals surface area contributed by atoms with Crippen LogP contribution in [-0.2, 0) is 20.5 Å². The lowest BCUT2D eigenvalue weighted by Crippen LogP contribution is -2.22. The second-order valence-corrected chi connectivity index (χ2v) is 6.63. The average molecular weight is 288 g/mol. The number of hydrogen-bond donors (Lipinski definition) is 1. The minimum atomic E-state index is -0.933. The van der Waals surface area contributed by atoms with Gasteiger partial charge in [0.1, 0.15) is 11.3 Å². The summed E-state index contributed by atoms with van der Waals surface area (Å²) in [5.74, 6) is -0.261. The van der Waals surface area contributed by atoms with Crippen molar-refractivity contribution >= 4 is 16.9 Å². The van der Waals surface area contributed by atoms with E-state index in [2.05, 4.69) is 20.8 Å². The van der Waals surface area contributed by atoms with E-state index in [9.17, 15) is 9.90 Å². The first kappa shape index (κ1) is 14.1. The summed E-state index contributed by atoms with van der Waals surface area (Å²) in [6, 6.07) is 7.82. The van der Waals surface area contributed by atoms with Crippen LogP contribution >= 0.6 is 0 Å². The van der Waals surface area contributed by atoms with Gasteiger partial charge in [-0.1, -0.05) is 45.9 Å². The molecule has 1 N–H and O–H groups in total. The van der Waals surface area contributed by atoms with Crippen molar-refractivity contribution in [1.29, 1.82) is 0 Å². The fourth-order valence-electron chi connectivity index (χ4n) is 3.12. The first-order valence-corrected chi connectivity index (χ1v) is 7.24. The predicted octanol–water partition coefficient (Wildman–Crippen LogP) is 3.82. The Balaban J connectivity index is 2.26. The Bertz CT molecular complexity index is 707. The molecule has 1 aromatic heterocycles. The molecule has 0 saturated carbocycles. The van der Waals surface area contributed by atoms with Gasteiger partial charge >= 0.3 is 5.97 Å². The van der Waals surface area contributed by atoms with E-state index in [0.29, 0.717) is 12.2 Å². The molecule has 0 radical (unpaired) electrons. The van der Waals surface area contributed by atoms with Crippen molar-refractivity contribution < 1.29 is 19.1 Å². The highest BCUT2D eigenvalue weighted by Gasteiger charge is 2.64. The maximum atomic E-state index is 11.3. The minimum Gasteiger partial charge on any atom is -0.479 e. The van der Waals surface area contributed by atoms with Gasteiger partial charge in [0, 0.05) is 10.9 Å². The maximum Gasteiger partial charge on any atom is 0.336 e. The Morgan fingerprint density at radius 1 is 1.33 bits per heavy atom. The summed E-state index contributed by atoms with van der Waals surface area (Å²) in [5, 5.41) is 10.3. The number of furan rings is 1. The lowest BCUT2D eigenvalue weighted by atomic mass is 9.81. The molecule has 3 rings (SSSR count). The van der Waals surface area contributed by atoms with Gasteiger partial charge in [-0.2, -0.15) is 0 Å². The van der Waals surface area contributed by atoms with E-state index in [1.54, 1.807) is 0 Å². The fourth-order valence-corrected chi connectivity index (χ4v) is 3.12. The number of para-hydroxylation sites is 1. The van der Waals surface area contributed by atoms with Gasteiger partial charge in [0.2, 0.25) is 0 Å². The van der Waals surface area contributed by atoms with E-state index < -0.39 is 17.7 Å². The second-order valence-electron chi connectivity index (χ2n) is 6.63. The van der Waals surface area contributed by atoms with Gasteiger partial charge in [0.15, 0.2) is 11.7 Å². The molecule has 0 bridgehead atoms. The molecule has 1 aliphatic heterocycles. The summed E-state index contributed by atoms with van der Waals surface area (Å²) < 4.78 is 11.6. The van der Waals surface area contributed by atoms with Gasteiger partial charge < -0.3 is 14.3 Å². The van der Waals surface area contributed by atoms with Crippen LogP contribution in [-0.4, -0.2) is 17.2 Å². The van der Waals surface area contributed by atoms with Crippen LogP contribution in [0.1, 0.15) is 45.4 Å². The van der Waals surface area contributed by atoms with Crippen LogP contribution in [0.4, 0.5) is 0 Å². The van der Waals surface area contributed by atoms with Crippen molar-refractivity contribution in [2.24, 2.45) is 0 Å². The number of carbonyl (C=O) groups is 1. The molecular weight excluding hydrogens is 268 g/mol. The molecule has 1 saturated heterocycles. The number of carboxylic acids is 1. The van der Waals surface area contributed by atoms with Gasteiger partial charge in [-0.3, -0.25) is 0 Å². The van der Waals surface area contributed by atoms with Gasteiger partial charge in [0.25, 0.3) is 0 Å². The Hall–Kier alpha value is -1.81. The van der Waals surface area contributed by atoms with Crippen LogP contribution in [0, 0.1) is 0 Å². The number of carboxylic acid groups (broad SMARTS) is 1. The van der Waals surface area contributed by atoms with Crippen LogP contribution in [0.2, 0.25) is 0 Å². The molecule has 2 heterocycles. The highest BCUT2D eigenvalue weighted by Crippen LogP contribution is 2.54. The summed E-state index contributed by atoms with van der Waals surface area (Å²) >= 11 is 0. The molecule has 112 valence electrons. The Morgan fingerprint density at radius 2 is 2.00 bits per heavy atom. The average Bonchev–Trinajstić information content (AvgIpc) is 3.03. The molecule has 1 fully saturated rings. The van der Waals surface area contributed by atoms with Crippen molar-refractivity contribution in [3.05, 3.63) is 35.6 Å². The van der Waals surface area contributed by atoms with E-state index in [-0.39, 0.29) is 5.41 Å². The molecular formula is C17H20O4. The fraction of sp³-hybridized carbons (Fsp3) is 0.471. The van der Waals surface area contributed by atoms with E-state index in [1.165, 1.54) is 0 Å². The minimum absolute atomic E-state index is 0.154. The van der Waals surface area contributed by atoms with Gasteiger partial charge in [-0.05, 0) is 17.9 Å². The number of benzene rings is 1. The van der Waals surface area contributed by atoms with Crippen LogP contribution in [0.5, 0.6) is 0 Å². The molecule has 0 aliphatic carbocycles. The van der Waals surface area contributed by atoms with Gasteiger partial charge in [-0.25, -0.2) is 4.79 Å². The van der Waals surface area contributed by atoms with Gasteiger partial charge in [0.05, 0.1) is 0 Å². The predicted molar refractivity (Wildman–Crippen MR) is 79.4 cm³/mol. The number of fused-ring (bicyclic) bond motifs is 1. The normalized spacial score (nSPS) is 25.2. The van der Waals surface area contributed by atoms with Crippen molar-refractivity contribution in [1.82, 2.24) is 0 Å². The number of ether oxygens (including phenoxy) is 1. The van der Waals surface area contributed by atoms with E-state index in [4.69, 9.17) is 9.15 Å². The molecule has 0 spiro atoms. The Morgan fingerprint density at radius 3 is 2.52 bits per heavy atom. The molecule has 2 unspecified atom stereocenters. The number of aliphatic carboxylic acids is 1. The van der Waals surface area contributed by atoms with Crippen LogP contribution in [0.15, 0.2) is 28.7 Å². The summed E-state index contributed by atoms with van der Waals surface area (Å²) in [4.78, 5) is 11.3. The first-order chi connectivity index (χ1) is 9.81. The molecule has 2 aromatic rings. The highest BCUT2D eigenvalue weighted by molar-refractivity contribution is 5.85. The SMILES string of the molecule is CCC1(c2oc3ccccc3c2C(C)(C)C)OC1C(=O)O. The largest absolute Gasteiger partial charge is 0.479 e. The van der Waals surface area contributed by atoms with E-state index >= 15 is 0 Å². The Labute approximate surface area is 123 Å². The molecule has 1 aliphatic rings. The lowest BCUT2D eigenvalue weighted by Gasteiger charge is -2.21. The zero-order valence-electron chi connectivity index (χ0n) is 12.8. The van der Waals surface area contributed by atoms with Crippen LogP contribution < -0.4 is 0 Å². The van der Waals surface area contributed by atoms with Crippen molar-refractivity contribution in [2.45, 2.75) is 51.2 Å². The van der Waals surface area contributed by atoms with Crippen LogP contribution in [0.3, 0.4) is 0 Å². The third-order valence-electron chi connectivity index (χ3n) is 4.17. The summed E-state index contributed by atoms with van der Waals surface area (Å²) in [6.45, 7) is 8.25. The first-order valence-electron chi connectivity index (χ1n) is 7.24. The van der Waals surface area contributed by atoms with Crippen LogP contribution in [0.25, 0.3) is 11.0 Å². The lowest BCUT2D eigenvalue weighted by molar-refractivity contribution is -0.138. The maximum absolute atomic E-state index is 11.3. The number of hydrogen-bond acceptors (Lipinski definition) is 3. The third-order valence-corrected chi connectivity index (χ3v) is 4.17. The van der Waals surface area contributed by atoms with Crippen molar-refractivity contribution in [3.63, 3.8) is 0 Å². The molecule has 4 heteroatoms. The standard InChI is InChI=1S/C17H20O4/c1-5-17(14(21-17)15(18)19)13-12(16(2,3)4)10-8-6-7-9-11(10)20-13/h6-9,14H,5H2,1-4H3,(H,18,19). The summed E-state index contributed by atoms with van der Waals surface area (Å²) in [5.41, 5.74) is 0.848. The van der Waals surface area contributed by atoms with E-state index in [1.807, 2.05) is 31.2 Å².